The Labute approximate surface area is 126 Å². The number of hydrogen-bond donors (Lipinski definition) is 0. The molecule has 0 radical (unpaired) electrons. The fraction of sp³-hybridized carbons (Fsp3) is 0.533. The summed E-state index contributed by atoms with van der Waals surface area (Å²) in [7, 11) is 0. The number of rotatable bonds is 2. The molecule has 5 nitrogen and oxygen atoms in total. The van der Waals surface area contributed by atoms with Gasteiger partial charge in [-0.2, -0.15) is 0 Å². The summed E-state index contributed by atoms with van der Waals surface area (Å²) in [5, 5.41) is -0.275. The zero-order valence-corrected chi connectivity index (χ0v) is 12.8. The van der Waals surface area contributed by atoms with Gasteiger partial charge in [-0.15, -0.1) is 0 Å². The van der Waals surface area contributed by atoms with Crippen LogP contribution in [0.1, 0.15) is 20.8 Å². The van der Waals surface area contributed by atoms with Crippen LogP contribution in [0.5, 0.6) is 0 Å². The molecule has 112 valence electrons. The summed E-state index contributed by atoms with van der Waals surface area (Å²) < 4.78 is 10.6. The van der Waals surface area contributed by atoms with Crippen molar-refractivity contribution in [2.24, 2.45) is 17.8 Å². The second-order valence-corrected chi connectivity index (χ2v) is 6.78. The molecule has 2 heterocycles. The number of allylic oxidation sites excluding steroid dienone is 1. The smallest absolute Gasteiger partial charge is 0.333 e. The highest BCUT2D eigenvalue weighted by Crippen LogP contribution is 2.56. The van der Waals surface area contributed by atoms with Crippen LogP contribution in [0.15, 0.2) is 23.5 Å². The molecule has 1 aliphatic carbocycles. The van der Waals surface area contributed by atoms with Crippen LogP contribution in [0.3, 0.4) is 0 Å². The summed E-state index contributed by atoms with van der Waals surface area (Å²) in [6.45, 7) is 5.32. The summed E-state index contributed by atoms with van der Waals surface area (Å²) in [5.74, 6) is -1.49. The summed E-state index contributed by atoms with van der Waals surface area (Å²) in [5.41, 5.74) is 1.06. The van der Waals surface area contributed by atoms with E-state index in [1.54, 1.807) is 19.9 Å². The van der Waals surface area contributed by atoms with Crippen LogP contribution in [-0.2, 0) is 23.9 Å². The van der Waals surface area contributed by atoms with Crippen molar-refractivity contribution < 1.29 is 23.9 Å². The Morgan fingerprint density at radius 3 is 2.76 bits per heavy atom. The highest BCUT2D eigenvalue weighted by atomic mass is 32.2. The quantitative estimate of drug-likeness (QED) is 0.572. The van der Waals surface area contributed by atoms with Gasteiger partial charge in [0.1, 0.15) is 12.4 Å². The first-order chi connectivity index (χ1) is 9.95. The number of esters is 2. The zero-order chi connectivity index (χ0) is 15.3. The Balaban J connectivity index is 1.91. The molecule has 0 aromatic rings. The highest BCUT2D eigenvalue weighted by molar-refractivity contribution is 8.15. The van der Waals surface area contributed by atoms with Crippen molar-refractivity contribution in [2.45, 2.75) is 32.1 Å². The first-order valence-electron chi connectivity index (χ1n) is 6.91. The lowest BCUT2D eigenvalue weighted by Crippen LogP contribution is -2.32. The zero-order valence-electron chi connectivity index (χ0n) is 12.0. The maximum Gasteiger partial charge on any atom is 0.333 e. The van der Waals surface area contributed by atoms with E-state index in [4.69, 9.17) is 9.47 Å². The lowest BCUT2D eigenvalue weighted by atomic mass is 9.85. The number of carbonyl (C=O) groups is 3. The van der Waals surface area contributed by atoms with Gasteiger partial charge in [0, 0.05) is 23.0 Å². The standard InChI is InChI=1S/C15H16O5S/c1-4-6(2)13(16)20-11-7(3)9-10-8(5-19-14(9)17)15(18)21-12(10)11/h4-5,7,9-12H,1-3H3/b6-4+/t7-,9+,10+,11+,12-/m0/s1. The van der Waals surface area contributed by atoms with Crippen LogP contribution in [0.4, 0.5) is 0 Å². The minimum absolute atomic E-state index is 0.0850. The van der Waals surface area contributed by atoms with Crippen LogP contribution >= 0.6 is 11.8 Å². The molecular weight excluding hydrogens is 292 g/mol. The first kappa shape index (κ1) is 14.4. The molecule has 3 aliphatic rings. The third-order valence-electron chi connectivity index (χ3n) is 4.56. The van der Waals surface area contributed by atoms with Crippen LogP contribution in [0.25, 0.3) is 0 Å². The normalized spacial score (nSPS) is 38.0. The summed E-state index contributed by atoms with van der Waals surface area (Å²) in [4.78, 5) is 36.0. The minimum Gasteiger partial charge on any atom is -0.457 e. The van der Waals surface area contributed by atoms with Gasteiger partial charge in [-0.25, -0.2) is 4.79 Å². The third-order valence-corrected chi connectivity index (χ3v) is 5.84. The van der Waals surface area contributed by atoms with Crippen LogP contribution in [-0.4, -0.2) is 28.4 Å². The summed E-state index contributed by atoms with van der Waals surface area (Å²) in [6, 6.07) is 0. The van der Waals surface area contributed by atoms with Crippen molar-refractivity contribution in [3.8, 4) is 0 Å². The van der Waals surface area contributed by atoms with Crippen molar-refractivity contribution in [3.05, 3.63) is 23.5 Å². The number of hydrogen-bond acceptors (Lipinski definition) is 6. The molecule has 1 saturated heterocycles. The fourth-order valence-corrected chi connectivity index (χ4v) is 4.74. The number of thioether (sulfide) groups is 1. The molecule has 0 spiro atoms. The molecule has 5 atom stereocenters. The van der Waals surface area contributed by atoms with Crippen molar-refractivity contribution >= 4 is 28.8 Å². The molecule has 21 heavy (non-hydrogen) atoms. The average Bonchev–Trinajstić information content (AvgIpc) is 2.92. The van der Waals surface area contributed by atoms with Gasteiger partial charge in [-0.3, -0.25) is 9.59 Å². The Bertz CT molecular complexity index is 591. The molecule has 1 saturated carbocycles. The number of carbonyl (C=O) groups excluding carboxylic acids is 3. The van der Waals surface area contributed by atoms with E-state index in [1.807, 2.05) is 6.92 Å². The molecule has 0 aromatic heterocycles. The number of cyclic esters (lactones) is 1. The van der Waals surface area contributed by atoms with Gasteiger partial charge in [-0.1, -0.05) is 24.8 Å². The molecule has 6 heteroatoms. The maximum absolute atomic E-state index is 12.0. The largest absolute Gasteiger partial charge is 0.457 e. The molecule has 0 N–H and O–H groups in total. The maximum atomic E-state index is 12.0. The monoisotopic (exact) mass is 308 g/mol. The molecule has 3 rings (SSSR count). The van der Waals surface area contributed by atoms with E-state index in [0.29, 0.717) is 11.1 Å². The molecule has 2 aliphatic heterocycles. The van der Waals surface area contributed by atoms with Crippen LogP contribution in [0.2, 0.25) is 0 Å². The Hall–Kier alpha value is -1.56. The van der Waals surface area contributed by atoms with Gasteiger partial charge in [0.25, 0.3) is 0 Å². The molecule has 0 aromatic carbocycles. The van der Waals surface area contributed by atoms with Gasteiger partial charge in [0.2, 0.25) is 5.12 Å². The van der Waals surface area contributed by atoms with Gasteiger partial charge in [-0.05, 0) is 13.8 Å². The average molecular weight is 308 g/mol. The SMILES string of the molecule is C/C=C(\C)C(=O)O[C@@H]1[C@@H](C)[C@H]2C(=O)OC=C3C(=O)S[C@H]1[C@H]32. The van der Waals surface area contributed by atoms with Gasteiger partial charge in [0.15, 0.2) is 0 Å². The fourth-order valence-electron chi connectivity index (χ4n) is 3.27. The predicted octanol–water partition coefficient (Wildman–Crippen LogP) is 1.83. The Morgan fingerprint density at radius 1 is 1.38 bits per heavy atom. The second kappa shape index (κ2) is 5.02. The van der Waals surface area contributed by atoms with Gasteiger partial charge < -0.3 is 9.47 Å². The first-order valence-corrected chi connectivity index (χ1v) is 7.79. The second-order valence-electron chi connectivity index (χ2n) is 5.63. The molecule has 0 unspecified atom stereocenters. The topological polar surface area (TPSA) is 69.7 Å². The van der Waals surface area contributed by atoms with E-state index in [-0.39, 0.29) is 28.2 Å². The lowest BCUT2D eigenvalue weighted by molar-refractivity contribution is -0.151. The third kappa shape index (κ3) is 2.04. The van der Waals surface area contributed by atoms with Gasteiger partial charge in [0.05, 0.1) is 11.2 Å². The van der Waals surface area contributed by atoms with Crippen molar-refractivity contribution in [3.63, 3.8) is 0 Å². The van der Waals surface area contributed by atoms with E-state index >= 15 is 0 Å². The van der Waals surface area contributed by atoms with E-state index < -0.39 is 18.0 Å². The lowest BCUT2D eigenvalue weighted by Gasteiger charge is -2.24. The van der Waals surface area contributed by atoms with Crippen molar-refractivity contribution in [1.82, 2.24) is 0 Å². The number of ether oxygens (including phenoxy) is 2. The molecule has 0 amide bonds. The highest BCUT2D eigenvalue weighted by Gasteiger charge is 2.62. The molecule has 0 bridgehead atoms. The molecular formula is C15H16O5S. The van der Waals surface area contributed by atoms with E-state index in [1.165, 1.54) is 6.26 Å². The van der Waals surface area contributed by atoms with E-state index in [0.717, 1.165) is 11.8 Å². The summed E-state index contributed by atoms with van der Waals surface area (Å²) >= 11 is 1.15. The summed E-state index contributed by atoms with van der Waals surface area (Å²) in [6.07, 6.45) is 2.50. The van der Waals surface area contributed by atoms with Crippen LogP contribution in [0, 0.1) is 17.8 Å². The van der Waals surface area contributed by atoms with Crippen LogP contribution < -0.4 is 0 Å². The Morgan fingerprint density at radius 2 is 2.10 bits per heavy atom. The Kier molecular flexibility index (Phi) is 3.43. The van der Waals surface area contributed by atoms with Crippen molar-refractivity contribution in [2.75, 3.05) is 0 Å². The van der Waals surface area contributed by atoms with Crippen molar-refractivity contribution in [1.29, 1.82) is 0 Å². The molecule has 2 fully saturated rings. The van der Waals surface area contributed by atoms with Gasteiger partial charge >= 0.3 is 11.9 Å². The van der Waals surface area contributed by atoms with E-state index in [9.17, 15) is 14.4 Å². The van der Waals surface area contributed by atoms with E-state index in [2.05, 4.69) is 0 Å². The minimum atomic E-state index is -0.451. The predicted molar refractivity (Wildman–Crippen MR) is 76.0 cm³/mol.